The smallest absolute Gasteiger partial charge is 0.161 e. The Morgan fingerprint density at radius 1 is 1.22 bits per heavy atom. The molecule has 1 atom stereocenters. The lowest BCUT2D eigenvalue weighted by Gasteiger charge is -2.30. The van der Waals surface area contributed by atoms with Gasteiger partial charge in [0.2, 0.25) is 0 Å². The van der Waals surface area contributed by atoms with Gasteiger partial charge in [-0.3, -0.25) is 0 Å². The summed E-state index contributed by atoms with van der Waals surface area (Å²) in [6, 6.07) is 1.45. The maximum Gasteiger partial charge on any atom is 0.161 e. The number of anilines is 1. The molecule has 1 aromatic carbocycles. The minimum atomic E-state index is -1.16. The zero-order valence-electron chi connectivity index (χ0n) is 10.3. The Balaban J connectivity index is 1.95. The van der Waals surface area contributed by atoms with E-state index in [0.717, 1.165) is 32.0 Å². The largest absolute Gasteiger partial charge is 0.382 e. The molecule has 5 heteroatoms. The Morgan fingerprint density at radius 2 is 1.94 bits per heavy atom. The fourth-order valence-electron chi connectivity index (χ4n) is 2.35. The quantitative estimate of drug-likeness (QED) is 0.839. The summed E-state index contributed by atoms with van der Waals surface area (Å²) >= 11 is 0. The van der Waals surface area contributed by atoms with Gasteiger partial charge >= 0.3 is 0 Å². The summed E-state index contributed by atoms with van der Waals surface area (Å²) in [5.74, 6) is -2.52. The van der Waals surface area contributed by atoms with Gasteiger partial charge in [0.25, 0.3) is 0 Å². The Morgan fingerprint density at radius 3 is 2.67 bits per heavy atom. The van der Waals surface area contributed by atoms with Crippen LogP contribution in [0.2, 0.25) is 0 Å². The standard InChI is InChI=1S/C13H17F3N2/c1-18-4-2-3-9(8-18)7-17-13-6-11(15)10(14)5-12(13)16/h5-6,9,17H,2-4,7-8H2,1H3. The van der Waals surface area contributed by atoms with Gasteiger partial charge in [0.1, 0.15) is 5.82 Å². The van der Waals surface area contributed by atoms with E-state index in [9.17, 15) is 13.2 Å². The first-order valence-electron chi connectivity index (χ1n) is 6.13. The van der Waals surface area contributed by atoms with Gasteiger partial charge in [0.05, 0.1) is 5.69 Å². The molecule has 1 N–H and O–H groups in total. The molecule has 1 heterocycles. The highest BCUT2D eigenvalue weighted by molar-refractivity contribution is 5.45. The van der Waals surface area contributed by atoms with Crippen LogP contribution in [0.3, 0.4) is 0 Å². The highest BCUT2D eigenvalue weighted by Crippen LogP contribution is 2.20. The molecule has 18 heavy (non-hydrogen) atoms. The van der Waals surface area contributed by atoms with Crippen molar-refractivity contribution in [2.75, 3.05) is 32.0 Å². The summed E-state index contributed by atoms with van der Waals surface area (Å²) in [7, 11) is 2.05. The first kappa shape index (κ1) is 13.2. The van der Waals surface area contributed by atoms with Crippen LogP contribution in [0.5, 0.6) is 0 Å². The van der Waals surface area contributed by atoms with Crippen molar-refractivity contribution in [2.45, 2.75) is 12.8 Å². The van der Waals surface area contributed by atoms with Crippen molar-refractivity contribution in [3.63, 3.8) is 0 Å². The molecule has 2 nitrogen and oxygen atoms in total. The second-order valence-corrected chi connectivity index (χ2v) is 4.90. The van der Waals surface area contributed by atoms with Gasteiger partial charge in [0, 0.05) is 25.2 Å². The van der Waals surface area contributed by atoms with Gasteiger partial charge in [-0.1, -0.05) is 0 Å². The Hall–Kier alpha value is -1.23. The molecule has 100 valence electrons. The van der Waals surface area contributed by atoms with Crippen LogP contribution in [-0.2, 0) is 0 Å². The molecular weight excluding hydrogens is 241 g/mol. The lowest BCUT2D eigenvalue weighted by Crippen LogP contribution is -2.35. The molecule has 1 aromatic rings. The summed E-state index contributed by atoms with van der Waals surface area (Å²) in [5, 5.41) is 2.86. The zero-order valence-corrected chi connectivity index (χ0v) is 10.3. The third-order valence-corrected chi connectivity index (χ3v) is 3.31. The predicted molar refractivity (Wildman–Crippen MR) is 65.0 cm³/mol. The number of hydrogen-bond donors (Lipinski definition) is 1. The van der Waals surface area contributed by atoms with Crippen molar-refractivity contribution in [3.8, 4) is 0 Å². The van der Waals surface area contributed by atoms with Crippen LogP contribution in [0.25, 0.3) is 0 Å². The topological polar surface area (TPSA) is 15.3 Å². The van der Waals surface area contributed by atoms with Crippen LogP contribution >= 0.6 is 0 Å². The fraction of sp³-hybridized carbons (Fsp3) is 0.538. The molecule has 1 fully saturated rings. The molecule has 0 spiro atoms. The average molecular weight is 258 g/mol. The summed E-state index contributed by atoms with van der Waals surface area (Å²) in [4.78, 5) is 2.22. The zero-order chi connectivity index (χ0) is 13.1. The molecule has 0 saturated carbocycles. The van der Waals surface area contributed by atoms with Crippen molar-refractivity contribution < 1.29 is 13.2 Å². The maximum atomic E-state index is 13.4. The monoisotopic (exact) mass is 258 g/mol. The van der Waals surface area contributed by atoms with E-state index in [1.54, 1.807) is 0 Å². The number of nitrogens with one attached hydrogen (secondary N) is 1. The van der Waals surface area contributed by atoms with E-state index in [2.05, 4.69) is 10.2 Å². The van der Waals surface area contributed by atoms with Crippen LogP contribution in [0.1, 0.15) is 12.8 Å². The summed E-state index contributed by atoms with van der Waals surface area (Å²) < 4.78 is 39.1. The lowest BCUT2D eigenvalue weighted by atomic mass is 9.98. The summed E-state index contributed by atoms with van der Waals surface area (Å²) in [5.41, 5.74) is 0.0297. The first-order chi connectivity index (χ1) is 8.56. The maximum absolute atomic E-state index is 13.4. The molecule has 0 aliphatic carbocycles. The third kappa shape index (κ3) is 3.16. The number of rotatable bonds is 3. The fourth-order valence-corrected chi connectivity index (χ4v) is 2.35. The second-order valence-electron chi connectivity index (χ2n) is 4.90. The van der Waals surface area contributed by atoms with Crippen LogP contribution in [0.4, 0.5) is 18.9 Å². The van der Waals surface area contributed by atoms with E-state index in [1.807, 2.05) is 7.05 Å². The van der Waals surface area contributed by atoms with Crippen molar-refractivity contribution in [3.05, 3.63) is 29.6 Å². The number of nitrogens with zero attached hydrogens (tertiary/aromatic N) is 1. The van der Waals surface area contributed by atoms with Gasteiger partial charge in [-0.05, 0) is 32.4 Å². The molecule has 0 bridgehead atoms. The second kappa shape index (κ2) is 5.61. The molecule has 1 aliphatic rings. The molecule has 1 unspecified atom stereocenters. The van der Waals surface area contributed by atoms with E-state index in [-0.39, 0.29) is 5.69 Å². The number of piperidine rings is 1. The summed E-state index contributed by atoms with van der Waals surface area (Å²) in [6.07, 6.45) is 2.19. The van der Waals surface area contributed by atoms with Gasteiger partial charge in [-0.2, -0.15) is 0 Å². The van der Waals surface area contributed by atoms with Crippen molar-refractivity contribution in [2.24, 2.45) is 5.92 Å². The van der Waals surface area contributed by atoms with Crippen LogP contribution < -0.4 is 5.32 Å². The van der Waals surface area contributed by atoms with E-state index in [0.29, 0.717) is 18.5 Å². The van der Waals surface area contributed by atoms with E-state index in [4.69, 9.17) is 0 Å². The molecule has 0 amide bonds. The van der Waals surface area contributed by atoms with E-state index < -0.39 is 17.5 Å². The number of halogens is 3. The normalized spacial score (nSPS) is 21.0. The van der Waals surface area contributed by atoms with Gasteiger partial charge in [0.15, 0.2) is 11.6 Å². The van der Waals surface area contributed by atoms with Gasteiger partial charge < -0.3 is 10.2 Å². The van der Waals surface area contributed by atoms with Crippen LogP contribution in [0.15, 0.2) is 12.1 Å². The Labute approximate surface area is 105 Å². The molecular formula is C13H17F3N2. The Bertz CT molecular complexity index is 423. The van der Waals surface area contributed by atoms with Crippen LogP contribution in [0, 0.1) is 23.4 Å². The first-order valence-corrected chi connectivity index (χ1v) is 6.13. The average Bonchev–Trinajstić information content (AvgIpc) is 2.32. The van der Waals surface area contributed by atoms with Crippen LogP contribution in [-0.4, -0.2) is 31.6 Å². The summed E-state index contributed by atoms with van der Waals surface area (Å²) in [6.45, 7) is 2.60. The minimum absolute atomic E-state index is 0.0297. The third-order valence-electron chi connectivity index (χ3n) is 3.31. The molecule has 0 aromatic heterocycles. The molecule has 2 rings (SSSR count). The number of hydrogen-bond acceptors (Lipinski definition) is 2. The van der Waals surface area contributed by atoms with Gasteiger partial charge in [-0.25, -0.2) is 13.2 Å². The predicted octanol–water partition coefficient (Wildman–Crippen LogP) is 2.86. The van der Waals surface area contributed by atoms with Crippen molar-refractivity contribution in [1.82, 2.24) is 4.90 Å². The highest BCUT2D eigenvalue weighted by Gasteiger charge is 2.17. The minimum Gasteiger partial charge on any atom is -0.382 e. The molecule has 1 aliphatic heterocycles. The van der Waals surface area contributed by atoms with E-state index >= 15 is 0 Å². The Kier molecular flexibility index (Phi) is 4.11. The van der Waals surface area contributed by atoms with E-state index in [1.165, 1.54) is 0 Å². The number of likely N-dealkylation sites (tertiary alicyclic amines) is 1. The molecule has 1 saturated heterocycles. The lowest BCUT2D eigenvalue weighted by molar-refractivity contribution is 0.217. The van der Waals surface area contributed by atoms with Crippen molar-refractivity contribution in [1.29, 1.82) is 0 Å². The number of benzene rings is 1. The highest BCUT2D eigenvalue weighted by atomic mass is 19.2. The SMILES string of the molecule is CN1CCCC(CNc2cc(F)c(F)cc2F)C1. The molecule has 0 radical (unpaired) electrons. The van der Waals surface area contributed by atoms with Crippen molar-refractivity contribution >= 4 is 5.69 Å². The van der Waals surface area contributed by atoms with Gasteiger partial charge in [-0.15, -0.1) is 0 Å².